The molecule has 3 aliphatic carbocycles. The van der Waals surface area contributed by atoms with E-state index in [0.717, 1.165) is 44.3 Å². The van der Waals surface area contributed by atoms with Crippen molar-refractivity contribution in [2.75, 3.05) is 0 Å². The van der Waals surface area contributed by atoms with Gasteiger partial charge in [-0.05, 0) is 79.9 Å². The van der Waals surface area contributed by atoms with E-state index in [4.69, 9.17) is 0 Å². The van der Waals surface area contributed by atoms with E-state index in [0.29, 0.717) is 30.8 Å². The summed E-state index contributed by atoms with van der Waals surface area (Å²) in [5, 5.41) is 29.7. The third-order valence-corrected chi connectivity index (χ3v) is 7.91. The average molecular weight is 467 g/mol. The van der Waals surface area contributed by atoms with Gasteiger partial charge in [-0.15, -0.1) is 0 Å². The van der Waals surface area contributed by atoms with Gasteiger partial charge in [-0.3, -0.25) is 0 Å². The van der Waals surface area contributed by atoms with E-state index in [2.05, 4.69) is 25.7 Å². The minimum atomic E-state index is -4.69. The molecule has 2 saturated carbocycles. The molecule has 0 aromatic rings. The lowest BCUT2D eigenvalue weighted by molar-refractivity contribution is -0.232. The van der Waals surface area contributed by atoms with Crippen LogP contribution in [0.5, 0.6) is 0 Å². The van der Waals surface area contributed by atoms with Crippen molar-refractivity contribution in [1.29, 1.82) is 0 Å². The molecule has 0 saturated heterocycles. The minimum Gasteiger partial charge on any atom is -0.393 e. The molecular weight excluding hydrogens is 429 g/mol. The monoisotopic (exact) mass is 466 g/mol. The molecule has 3 rings (SSSR count). The van der Waals surface area contributed by atoms with E-state index >= 15 is 0 Å². The molecule has 6 atom stereocenters. The van der Waals surface area contributed by atoms with Crippen molar-refractivity contribution in [3.63, 3.8) is 0 Å². The molecule has 0 aliphatic heterocycles. The van der Waals surface area contributed by atoms with Crippen LogP contribution in [-0.2, 0) is 0 Å². The zero-order valence-electron chi connectivity index (χ0n) is 19.8. The third-order valence-electron chi connectivity index (χ3n) is 7.91. The average Bonchev–Trinajstić information content (AvgIpc) is 3.06. The van der Waals surface area contributed by atoms with Crippen LogP contribution in [0, 0.1) is 17.3 Å². The highest BCUT2D eigenvalue weighted by Crippen LogP contribution is 2.57. The Morgan fingerprint density at radius 3 is 2.64 bits per heavy atom. The number of hydrogen-bond donors (Lipinski definition) is 3. The molecule has 6 heteroatoms. The molecule has 2 fully saturated rings. The molecule has 3 nitrogen and oxygen atoms in total. The van der Waals surface area contributed by atoms with Crippen molar-refractivity contribution in [3.05, 3.63) is 59.3 Å². The highest BCUT2D eigenvalue weighted by molar-refractivity contribution is 5.40. The fourth-order valence-corrected chi connectivity index (χ4v) is 5.80. The Balaban J connectivity index is 1.73. The van der Waals surface area contributed by atoms with Crippen LogP contribution < -0.4 is 0 Å². The van der Waals surface area contributed by atoms with Gasteiger partial charge in [-0.25, -0.2) is 0 Å². The Kier molecular flexibility index (Phi) is 7.52. The standard InChI is InChI=1S/C27H37F3O3/c1-17(7-5-14-26(4,33)27(28,29)30)22-11-12-23-19(8-6-13-25(22,23)3)9-10-20-15-21(31)16-24(32)18(20)2/h5,9-11,14,17,21,23-24,31-33H,2,6-8,12-13,15-16H2,1,3-4H3/b14-5+,19-9+,20-10-/t17?,21?,23?,24-,25+,26+/m0/s1. The van der Waals surface area contributed by atoms with Gasteiger partial charge in [0.15, 0.2) is 5.60 Å². The molecular formula is C27H37F3O3. The molecule has 3 aliphatic rings. The van der Waals surface area contributed by atoms with E-state index in [-0.39, 0.29) is 11.3 Å². The molecule has 0 radical (unpaired) electrons. The summed E-state index contributed by atoms with van der Waals surface area (Å²) in [5.41, 5.74) is 1.34. The zero-order chi connectivity index (χ0) is 24.6. The van der Waals surface area contributed by atoms with Crippen molar-refractivity contribution < 1.29 is 28.5 Å². The Morgan fingerprint density at radius 1 is 1.27 bits per heavy atom. The van der Waals surface area contributed by atoms with E-state index in [1.165, 1.54) is 17.2 Å². The zero-order valence-corrected chi connectivity index (χ0v) is 19.8. The van der Waals surface area contributed by atoms with Crippen LogP contribution >= 0.6 is 0 Å². The molecule has 3 N–H and O–H groups in total. The van der Waals surface area contributed by atoms with Crippen LogP contribution in [0.4, 0.5) is 13.2 Å². The first-order chi connectivity index (χ1) is 15.3. The first kappa shape index (κ1) is 26.0. The van der Waals surface area contributed by atoms with Crippen LogP contribution in [0.3, 0.4) is 0 Å². The summed E-state index contributed by atoms with van der Waals surface area (Å²) in [6.45, 7) is 9.06. The van der Waals surface area contributed by atoms with Crippen LogP contribution in [0.15, 0.2) is 59.3 Å². The van der Waals surface area contributed by atoms with E-state index in [9.17, 15) is 28.5 Å². The Hall–Kier alpha value is -1.63. The van der Waals surface area contributed by atoms with Gasteiger partial charge in [-0.2, -0.15) is 13.2 Å². The van der Waals surface area contributed by atoms with E-state index < -0.39 is 24.0 Å². The van der Waals surface area contributed by atoms with Gasteiger partial charge in [0.1, 0.15) is 0 Å². The molecule has 0 aromatic carbocycles. The molecule has 3 unspecified atom stereocenters. The summed E-state index contributed by atoms with van der Waals surface area (Å²) in [5.74, 6) is 0.427. The molecule has 0 spiro atoms. The summed E-state index contributed by atoms with van der Waals surface area (Å²) in [6.07, 6.45) is 7.98. The normalized spacial score (nSPS) is 36.2. The minimum absolute atomic E-state index is 0.0367. The maximum atomic E-state index is 12.9. The largest absolute Gasteiger partial charge is 0.420 e. The maximum Gasteiger partial charge on any atom is 0.420 e. The van der Waals surface area contributed by atoms with Gasteiger partial charge < -0.3 is 15.3 Å². The second-order valence-electron chi connectivity index (χ2n) is 10.5. The summed E-state index contributed by atoms with van der Waals surface area (Å²) < 4.78 is 38.7. The molecule has 184 valence electrons. The number of aliphatic hydroxyl groups excluding tert-OH is 2. The summed E-state index contributed by atoms with van der Waals surface area (Å²) in [4.78, 5) is 0. The van der Waals surface area contributed by atoms with Gasteiger partial charge in [0.2, 0.25) is 0 Å². The summed E-state index contributed by atoms with van der Waals surface area (Å²) in [7, 11) is 0. The van der Waals surface area contributed by atoms with Crippen molar-refractivity contribution in [2.45, 2.75) is 89.7 Å². The predicted molar refractivity (Wildman–Crippen MR) is 124 cm³/mol. The number of aliphatic hydroxyl groups is 3. The summed E-state index contributed by atoms with van der Waals surface area (Å²) >= 11 is 0. The number of alkyl halides is 3. The highest BCUT2D eigenvalue weighted by Gasteiger charge is 2.48. The van der Waals surface area contributed by atoms with Gasteiger partial charge >= 0.3 is 6.18 Å². The lowest BCUT2D eigenvalue weighted by Crippen LogP contribution is -2.40. The predicted octanol–water partition coefficient (Wildman–Crippen LogP) is 5.94. The molecule has 33 heavy (non-hydrogen) atoms. The molecule has 0 amide bonds. The highest BCUT2D eigenvalue weighted by atomic mass is 19.4. The summed E-state index contributed by atoms with van der Waals surface area (Å²) in [6, 6.07) is 0. The maximum absolute atomic E-state index is 12.9. The van der Waals surface area contributed by atoms with Gasteiger partial charge in [0.25, 0.3) is 0 Å². The van der Waals surface area contributed by atoms with Crippen LogP contribution in [0.2, 0.25) is 0 Å². The van der Waals surface area contributed by atoms with Crippen molar-refractivity contribution >= 4 is 0 Å². The van der Waals surface area contributed by atoms with Crippen molar-refractivity contribution in [1.82, 2.24) is 0 Å². The Labute approximate surface area is 195 Å². The SMILES string of the molecule is C=C1/C(=C\C=C2/CCC[C@]3(C)C(C(C)C/C=C/[C@@](C)(O)C(F)(F)F)=CCC23)CC(O)C[C@@H]1O. The van der Waals surface area contributed by atoms with Crippen molar-refractivity contribution in [3.8, 4) is 0 Å². The molecule has 0 aromatic heterocycles. The lowest BCUT2D eigenvalue weighted by atomic mass is 9.62. The number of allylic oxidation sites excluding steroid dienone is 6. The van der Waals surface area contributed by atoms with Crippen LogP contribution in [-0.4, -0.2) is 39.3 Å². The molecule has 0 bridgehead atoms. The van der Waals surface area contributed by atoms with Gasteiger partial charge in [0, 0.05) is 6.42 Å². The first-order valence-corrected chi connectivity index (χ1v) is 11.9. The van der Waals surface area contributed by atoms with Crippen molar-refractivity contribution in [2.24, 2.45) is 17.3 Å². The fourth-order valence-electron chi connectivity index (χ4n) is 5.80. The fraction of sp³-hybridized carbons (Fsp3) is 0.630. The van der Waals surface area contributed by atoms with Crippen LogP contribution in [0.1, 0.15) is 65.7 Å². The third kappa shape index (κ3) is 5.39. The smallest absolute Gasteiger partial charge is 0.393 e. The number of fused-ring (bicyclic) bond motifs is 1. The quantitative estimate of drug-likeness (QED) is 0.439. The number of hydrogen-bond acceptors (Lipinski definition) is 3. The van der Waals surface area contributed by atoms with E-state index in [1.54, 1.807) is 0 Å². The lowest BCUT2D eigenvalue weighted by Gasteiger charge is -2.42. The first-order valence-electron chi connectivity index (χ1n) is 11.9. The molecule has 0 heterocycles. The second kappa shape index (κ2) is 9.55. The Morgan fingerprint density at radius 2 is 1.97 bits per heavy atom. The van der Waals surface area contributed by atoms with E-state index in [1.807, 2.05) is 13.0 Å². The number of halogens is 3. The van der Waals surface area contributed by atoms with Gasteiger partial charge in [0.05, 0.1) is 12.2 Å². The number of rotatable bonds is 5. The van der Waals surface area contributed by atoms with Crippen LogP contribution in [0.25, 0.3) is 0 Å². The Bertz CT molecular complexity index is 878. The second-order valence-corrected chi connectivity index (χ2v) is 10.5. The van der Waals surface area contributed by atoms with Gasteiger partial charge in [-0.1, -0.05) is 55.9 Å². The topological polar surface area (TPSA) is 60.7 Å².